The average molecular weight is 492 g/mol. The summed E-state index contributed by atoms with van der Waals surface area (Å²) in [7, 11) is -4.22. The van der Waals surface area contributed by atoms with Crippen LogP contribution in [0.1, 0.15) is 12.0 Å². The van der Waals surface area contributed by atoms with Crippen molar-refractivity contribution in [3.63, 3.8) is 0 Å². The normalized spacial score (nSPS) is 19.8. The van der Waals surface area contributed by atoms with E-state index < -0.39 is 28.2 Å². The molecule has 2 N–H and O–H groups in total. The molecule has 0 aliphatic carbocycles. The smallest absolute Gasteiger partial charge is 0.392 e. The van der Waals surface area contributed by atoms with Gasteiger partial charge in [-0.15, -0.1) is 0 Å². The molecule has 0 spiro atoms. The Morgan fingerprint density at radius 3 is 2.56 bits per heavy atom. The molecule has 34 heavy (non-hydrogen) atoms. The van der Waals surface area contributed by atoms with E-state index in [1.54, 1.807) is 30.4 Å². The number of halogens is 3. The maximum Gasteiger partial charge on any atom is 0.399 e. The van der Waals surface area contributed by atoms with Gasteiger partial charge in [0, 0.05) is 48.5 Å². The zero-order valence-corrected chi connectivity index (χ0v) is 19.0. The lowest BCUT2D eigenvalue weighted by atomic mass is 9.79. The second kappa shape index (κ2) is 9.36. The number of fused-ring (bicyclic) bond motifs is 1. The lowest BCUT2D eigenvalue weighted by Crippen LogP contribution is -2.45. The quantitative estimate of drug-likeness (QED) is 0.487. The number of hydrogen-bond donors (Lipinski definition) is 2. The molecule has 1 fully saturated rings. The standard InChI is InChI=1S/C24H24F3N3O3S/c25-24(26,27)23(18-6-2-1-3-7-18)11-14-30(17-23)34(32,33)22-9-8-21(29-12-4-5-15-31)20-16-28-13-10-19(20)22/h1-10,13,16,29,31H,11-12,14-15,17H2/b5-4+. The van der Waals surface area contributed by atoms with Gasteiger partial charge in [0.05, 0.1) is 11.5 Å². The Labute approximate surface area is 195 Å². The van der Waals surface area contributed by atoms with Gasteiger partial charge in [0.25, 0.3) is 0 Å². The maximum absolute atomic E-state index is 14.3. The molecule has 0 bridgehead atoms. The first kappa shape index (κ1) is 24.2. The van der Waals surface area contributed by atoms with Crippen LogP contribution in [0, 0.1) is 0 Å². The van der Waals surface area contributed by atoms with Crippen LogP contribution >= 0.6 is 0 Å². The van der Waals surface area contributed by atoms with Gasteiger partial charge in [-0.05, 0) is 30.2 Å². The first-order valence-electron chi connectivity index (χ1n) is 10.7. The number of aliphatic hydroxyl groups is 1. The lowest BCUT2D eigenvalue weighted by molar-refractivity contribution is -0.186. The molecule has 2 aromatic carbocycles. The fraction of sp³-hybridized carbons (Fsp3) is 0.292. The zero-order chi connectivity index (χ0) is 24.4. The van der Waals surface area contributed by atoms with E-state index in [-0.39, 0.29) is 30.0 Å². The predicted octanol–water partition coefficient (Wildman–Crippen LogP) is 4.09. The van der Waals surface area contributed by atoms with Crippen LogP contribution in [0.4, 0.5) is 18.9 Å². The molecule has 1 atom stereocenters. The number of hydrogen-bond acceptors (Lipinski definition) is 5. The number of anilines is 1. The van der Waals surface area contributed by atoms with E-state index in [1.807, 2.05) is 0 Å². The molecule has 0 amide bonds. The van der Waals surface area contributed by atoms with Crippen LogP contribution in [0.3, 0.4) is 0 Å². The topological polar surface area (TPSA) is 82.5 Å². The van der Waals surface area contributed by atoms with E-state index in [9.17, 15) is 21.6 Å². The first-order chi connectivity index (χ1) is 16.2. The summed E-state index contributed by atoms with van der Waals surface area (Å²) < 4.78 is 71.0. The summed E-state index contributed by atoms with van der Waals surface area (Å²) >= 11 is 0. The molecule has 10 heteroatoms. The first-order valence-corrected chi connectivity index (χ1v) is 12.1. The Balaban J connectivity index is 1.72. The Bertz CT molecular complexity index is 1300. The van der Waals surface area contributed by atoms with Crippen molar-refractivity contribution in [2.24, 2.45) is 0 Å². The molecule has 1 unspecified atom stereocenters. The molecule has 6 nitrogen and oxygen atoms in total. The molecular formula is C24H24F3N3O3S. The molecule has 4 rings (SSSR count). The van der Waals surface area contributed by atoms with Gasteiger partial charge in [0.1, 0.15) is 5.41 Å². The molecule has 0 radical (unpaired) electrons. The molecule has 1 aliphatic rings. The van der Waals surface area contributed by atoms with Gasteiger partial charge >= 0.3 is 6.18 Å². The fourth-order valence-electron chi connectivity index (χ4n) is 4.38. The molecule has 180 valence electrons. The summed E-state index contributed by atoms with van der Waals surface area (Å²) in [5, 5.41) is 12.9. The van der Waals surface area contributed by atoms with E-state index in [1.165, 1.54) is 42.7 Å². The molecule has 1 aromatic heterocycles. The summed E-state index contributed by atoms with van der Waals surface area (Å²) in [6.07, 6.45) is 1.29. The highest BCUT2D eigenvalue weighted by Gasteiger charge is 2.60. The van der Waals surface area contributed by atoms with Gasteiger partial charge in [-0.3, -0.25) is 4.98 Å². The maximum atomic E-state index is 14.3. The number of rotatable bonds is 7. The van der Waals surface area contributed by atoms with Gasteiger partial charge in [-0.25, -0.2) is 8.42 Å². The minimum Gasteiger partial charge on any atom is -0.392 e. The highest BCUT2D eigenvalue weighted by atomic mass is 32.2. The summed E-state index contributed by atoms with van der Waals surface area (Å²) in [5.41, 5.74) is -1.58. The lowest BCUT2D eigenvalue weighted by Gasteiger charge is -2.32. The number of pyridine rings is 1. The summed E-state index contributed by atoms with van der Waals surface area (Å²) in [5.74, 6) is 0. The van der Waals surface area contributed by atoms with Crippen molar-refractivity contribution in [1.29, 1.82) is 0 Å². The van der Waals surface area contributed by atoms with Crippen molar-refractivity contribution < 1.29 is 26.7 Å². The molecule has 0 saturated carbocycles. The second-order valence-electron chi connectivity index (χ2n) is 8.10. The van der Waals surface area contributed by atoms with Crippen LogP contribution in [0.15, 0.2) is 78.0 Å². The number of benzene rings is 2. The number of sulfonamides is 1. The Hall–Kier alpha value is -2.95. The van der Waals surface area contributed by atoms with Crippen LogP contribution in [0.5, 0.6) is 0 Å². The van der Waals surface area contributed by atoms with E-state index in [2.05, 4.69) is 10.3 Å². The monoisotopic (exact) mass is 491 g/mol. The SMILES string of the molecule is O=S(=O)(c1ccc(NC/C=C/CO)c2cnccc12)N1CCC(c2ccccc2)(C(F)(F)F)C1. The van der Waals surface area contributed by atoms with Gasteiger partial charge in [-0.2, -0.15) is 17.5 Å². The van der Waals surface area contributed by atoms with Gasteiger partial charge in [-0.1, -0.05) is 42.5 Å². The highest BCUT2D eigenvalue weighted by Crippen LogP contribution is 2.49. The van der Waals surface area contributed by atoms with Gasteiger partial charge < -0.3 is 10.4 Å². The van der Waals surface area contributed by atoms with E-state index in [0.29, 0.717) is 23.0 Å². The van der Waals surface area contributed by atoms with Crippen molar-refractivity contribution in [2.45, 2.75) is 22.9 Å². The number of aromatic nitrogens is 1. The third-order valence-corrected chi connectivity index (χ3v) is 8.08. The summed E-state index contributed by atoms with van der Waals surface area (Å²) in [6.45, 7) is -0.621. The van der Waals surface area contributed by atoms with E-state index in [4.69, 9.17) is 5.11 Å². The van der Waals surface area contributed by atoms with Crippen LogP contribution in [-0.4, -0.2) is 55.2 Å². The van der Waals surface area contributed by atoms with Gasteiger partial charge in [0.15, 0.2) is 0 Å². The fourth-order valence-corrected chi connectivity index (χ4v) is 6.07. The predicted molar refractivity (Wildman–Crippen MR) is 124 cm³/mol. The minimum atomic E-state index is -4.61. The van der Waals surface area contributed by atoms with Crippen LogP contribution in [-0.2, 0) is 15.4 Å². The number of aliphatic hydroxyl groups excluding tert-OH is 1. The largest absolute Gasteiger partial charge is 0.399 e. The molecule has 3 aromatic rings. The van der Waals surface area contributed by atoms with E-state index >= 15 is 0 Å². The van der Waals surface area contributed by atoms with Crippen molar-refractivity contribution >= 4 is 26.5 Å². The summed E-state index contributed by atoms with van der Waals surface area (Å²) in [4.78, 5) is 4.02. The van der Waals surface area contributed by atoms with Crippen molar-refractivity contribution in [1.82, 2.24) is 9.29 Å². The number of nitrogens with one attached hydrogen (secondary N) is 1. The minimum absolute atomic E-state index is 0.0599. The molecule has 2 heterocycles. The van der Waals surface area contributed by atoms with E-state index in [0.717, 1.165) is 4.31 Å². The second-order valence-corrected chi connectivity index (χ2v) is 10.0. The van der Waals surface area contributed by atoms with Crippen LogP contribution in [0.25, 0.3) is 10.8 Å². The number of alkyl halides is 3. The third-order valence-electron chi connectivity index (χ3n) is 6.18. The average Bonchev–Trinajstić information content (AvgIpc) is 3.30. The van der Waals surface area contributed by atoms with Crippen molar-refractivity contribution in [3.8, 4) is 0 Å². The van der Waals surface area contributed by atoms with Crippen LogP contribution in [0.2, 0.25) is 0 Å². The van der Waals surface area contributed by atoms with Crippen LogP contribution < -0.4 is 5.32 Å². The Kier molecular flexibility index (Phi) is 6.66. The van der Waals surface area contributed by atoms with Crippen molar-refractivity contribution in [2.75, 3.05) is 31.6 Å². The molecule has 1 saturated heterocycles. The third kappa shape index (κ3) is 4.28. The Morgan fingerprint density at radius 1 is 1.09 bits per heavy atom. The number of nitrogens with zero attached hydrogens (tertiary/aromatic N) is 2. The molecule has 1 aliphatic heterocycles. The highest BCUT2D eigenvalue weighted by molar-refractivity contribution is 7.89. The Morgan fingerprint density at radius 2 is 1.85 bits per heavy atom. The van der Waals surface area contributed by atoms with Gasteiger partial charge in [0.2, 0.25) is 10.0 Å². The van der Waals surface area contributed by atoms with Crippen molar-refractivity contribution in [3.05, 3.63) is 78.6 Å². The summed E-state index contributed by atoms with van der Waals surface area (Å²) in [6, 6.07) is 12.0. The zero-order valence-electron chi connectivity index (χ0n) is 18.2. The molecular weight excluding hydrogens is 467 g/mol.